The third-order valence-corrected chi connectivity index (χ3v) is 3.90. The van der Waals surface area contributed by atoms with E-state index in [1.165, 1.54) is 0 Å². The molecule has 124 valence electrons. The molecule has 0 aliphatic heterocycles. The molecule has 1 heterocycles. The highest BCUT2D eigenvalue weighted by molar-refractivity contribution is 6.28. The molecule has 3 aromatic rings. The third kappa shape index (κ3) is 4.56. The lowest BCUT2D eigenvalue weighted by molar-refractivity contribution is 0.485. The minimum atomic E-state index is 0.251. The molecule has 0 N–H and O–H groups in total. The molecule has 5 heteroatoms. The Balaban J connectivity index is 1.74. The summed E-state index contributed by atoms with van der Waals surface area (Å²) < 4.78 is 5.86. The van der Waals surface area contributed by atoms with Crippen molar-refractivity contribution in [3.8, 4) is 11.5 Å². The van der Waals surface area contributed by atoms with Crippen molar-refractivity contribution >= 4 is 17.3 Å². The molecule has 0 unspecified atom stereocenters. The van der Waals surface area contributed by atoms with Gasteiger partial charge in [0.2, 0.25) is 11.0 Å². The summed E-state index contributed by atoms with van der Waals surface area (Å²) in [5, 5.41) is 0.251. The van der Waals surface area contributed by atoms with Gasteiger partial charge in [-0.1, -0.05) is 23.8 Å². The Morgan fingerprint density at radius 1 is 1.12 bits per heavy atom. The molecule has 25 heavy (non-hydrogen) atoms. The monoisotopic (exact) mass is 349 g/mol. The summed E-state index contributed by atoms with van der Waals surface area (Å²) in [4.78, 5) is 11.7. The summed E-state index contributed by atoms with van der Waals surface area (Å²) >= 11 is 5.80. The second-order valence-electron chi connectivity index (χ2n) is 5.65. The summed E-state index contributed by atoms with van der Waals surface area (Å²) in [5.41, 5.74) is 3.54. The van der Waals surface area contributed by atoms with Crippen LogP contribution in [0.4, 0.5) is 5.69 Å². The van der Waals surface area contributed by atoms with Gasteiger partial charge in [-0.15, -0.1) is 0 Å². The van der Waals surface area contributed by atoms with Crippen LogP contribution in [-0.2, 0) is 12.8 Å². The fourth-order valence-electron chi connectivity index (χ4n) is 2.48. The highest BCUT2D eigenvalue weighted by Gasteiger charge is 2.08. The van der Waals surface area contributed by atoms with E-state index in [0.717, 1.165) is 35.4 Å². The molecule has 0 aliphatic rings. The first-order valence-corrected chi connectivity index (χ1v) is 8.24. The number of halogens is 1. The van der Waals surface area contributed by atoms with Gasteiger partial charge in [0.15, 0.2) is 0 Å². The van der Waals surface area contributed by atoms with Crippen molar-refractivity contribution < 1.29 is 4.74 Å². The second-order valence-corrected chi connectivity index (χ2v) is 5.99. The van der Waals surface area contributed by atoms with E-state index in [-0.39, 0.29) is 5.28 Å². The molecular weight excluding hydrogens is 334 g/mol. The third-order valence-electron chi connectivity index (χ3n) is 3.71. The minimum absolute atomic E-state index is 0.251. The Kier molecular flexibility index (Phi) is 5.27. The molecule has 0 radical (unpaired) electrons. The van der Waals surface area contributed by atoms with Gasteiger partial charge in [0.05, 0.1) is 6.57 Å². The molecule has 2 aromatic carbocycles. The highest BCUT2D eigenvalue weighted by Crippen LogP contribution is 2.33. The van der Waals surface area contributed by atoms with E-state index in [1.807, 2.05) is 55.5 Å². The highest BCUT2D eigenvalue weighted by atomic mass is 35.5. The van der Waals surface area contributed by atoms with Crippen molar-refractivity contribution in [3.05, 3.63) is 88.2 Å². The number of hydrogen-bond acceptors (Lipinski definition) is 3. The first-order chi connectivity index (χ1) is 12.1. The lowest BCUT2D eigenvalue weighted by atomic mass is 10.1. The average Bonchev–Trinajstić information content (AvgIpc) is 2.61. The van der Waals surface area contributed by atoms with E-state index in [9.17, 15) is 0 Å². The fourth-order valence-corrected chi connectivity index (χ4v) is 2.64. The lowest BCUT2D eigenvalue weighted by Gasteiger charge is -2.10. The van der Waals surface area contributed by atoms with E-state index in [2.05, 4.69) is 14.8 Å². The van der Waals surface area contributed by atoms with Gasteiger partial charge in [-0.3, -0.25) is 0 Å². The maximum Gasteiger partial charge on any atom is 0.229 e. The topological polar surface area (TPSA) is 39.4 Å². The summed E-state index contributed by atoms with van der Waals surface area (Å²) in [6.45, 7) is 9.43. The molecule has 0 aliphatic carbocycles. The van der Waals surface area contributed by atoms with Crippen LogP contribution in [-0.4, -0.2) is 9.97 Å². The molecule has 0 spiro atoms. The van der Waals surface area contributed by atoms with E-state index < -0.39 is 0 Å². The van der Waals surface area contributed by atoms with Crippen molar-refractivity contribution in [3.63, 3.8) is 0 Å². The summed E-state index contributed by atoms with van der Waals surface area (Å²) in [7, 11) is 0. The van der Waals surface area contributed by atoms with Crippen molar-refractivity contribution in [2.75, 3.05) is 0 Å². The zero-order chi connectivity index (χ0) is 17.6. The standard InChI is InChI=1S/C20H16ClN3O/c1-14-4-3-5-17(12-14)25-19-9-7-15(13-18(19)22-2)6-8-16-10-11-23-20(21)24-16/h3-5,7,9-13H,6,8H2,1H3. The van der Waals surface area contributed by atoms with E-state index in [4.69, 9.17) is 22.9 Å². The molecule has 1 aromatic heterocycles. The largest absolute Gasteiger partial charge is 0.468 e. The quantitative estimate of drug-likeness (QED) is 0.446. The van der Waals surface area contributed by atoms with Crippen molar-refractivity contribution in [1.82, 2.24) is 9.97 Å². The number of benzene rings is 2. The normalized spacial score (nSPS) is 10.3. The van der Waals surface area contributed by atoms with Gasteiger partial charge in [0.25, 0.3) is 0 Å². The van der Waals surface area contributed by atoms with Crippen LogP contribution in [0.25, 0.3) is 4.85 Å². The van der Waals surface area contributed by atoms with Crippen LogP contribution in [0, 0.1) is 13.5 Å². The van der Waals surface area contributed by atoms with E-state index in [0.29, 0.717) is 11.4 Å². The zero-order valence-corrected chi connectivity index (χ0v) is 14.5. The maximum absolute atomic E-state index is 7.42. The predicted octanol–water partition coefficient (Wildman–Crippen LogP) is 5.57. The zero-order valence-electron chi connectivity index (χ0n) is 13.7. The molecule has 0 saturated heterocycles. The van der Waals surface area contributed by atoms with Crippen LogP contribution in [0.5, 0.6) is 11.5 Å². The molecular formula is C20H16ClN3O. The first-order valence-electron chi connectivity index (χ1n) is 7.86. The average molecular weight is 350 g/mol. The number of rotatable bonds is 5. The number of aromatic nitrogens is 2. The van der Waals surface area contributed by atoms with E-state index >= 15 is 0 Å². The lowest BCUT2D eigenvalue weighted by Crippen LogP contribution is -1.96. The Labute approximate surface area is 151 Å². The molecule has 0 saturated carbocycles. The number of aryl methyl sites for hydroxylation is 3. The van der Waals surface area contributed by atoms with E-state index in [1.54, 1.807) is 6.20 Å². The number of nitrogens with zero attached hydrogens (tertiary/aromatic N) is 3. The summed E-state index contributed by atoms with van der Waals surface area (Å²) in [6.07, 6.45) is 3.15. The van der Waals surface area contributed by atoms with Crippen molar-refractivity contribution in [2.24, 2.45) is 0 Å². The van der Waals surface area contributed by atoms with Gasteiger partial charge in [0.1, 0.15) is 11.5 Å². The van der Waals surface area contributed by atoms with Crippen LogP contribution < -0.4 is 4.74 Å². The van der Waals surface area contributed by atoms with Gasteiger partial charge in [-0.25, -0.2) is 14.8 Å². The predicted molar refractivity (Wildman–Crippen MR) is 98.4 cm³/mol. The maximum atomic E-state index is 7.42. The second kappa shape index (κ2) is 7.78. The molecule has 0 amide bonds. The van der Waals surface area contributed by atoms with Crippen LogP contribution in [0.15, 0.2) is 54.7 Å². The molecule has 0 fully saturated rings. The first kappa shape index (κ1) is 16.9. The Hall–Kier alpha value is -2.90. The minimum Gasteiger partial charge on any atom is -0.468 e. The molecule has 3 rings (SSSR count). The Morgan fingerprint density at radius 3 is 2.76 bits per heavy atom. The fraction of sp³-hybridized carbons (Fsp3) is 0.150. The molecule has 4 nitrogen and oxygen atoms in total. The van der Waals surface area contributed by atoms with Gasteiger partial charge in [-0.05, 0) is 67.3 Å². The SMILES string of the molecule is [C-]#[N+]c1cc(CCc2ccnc(Cl)n2)ccc1Oc1cccc(C)c1. The number of ether oxygens (including phenoxy) is 1. The number of hydrogen-bond donors (Lipinski definition) is 0. The van der Waals surface area contributed by atoms with Crippen LogP contribution in [0.1, 0.15) is 16.8 Å². The van der Waals surface area contributed by atoms with Crippen molar-refractivity contribution in [1.29, 1.82) is 0 Å². The summed E-state index contributed by atoms with van der Waals surface area (Å²) in [5.74, 6) is 1.29. The smallest absolute Gasteiger partial charge is 0.229 e. The summed E-state index contributed by atoms with van der Waals surface area (Å²) in [6, 6.07) is 15.3. The van der Waals surface area contributed by atoms with Crippen molar-refractivity contribution in [2.45, 2.75) is 19.8 Å². The molecule has 0 bridgehead atoms. The Bertz CT molecular complexity index is 934. The van der Waals surface area contributed by atoms with Crippen LogP contribution >= 0.6 is 11.6 Å². The van der Waals surface area contributed by atoms with Gasteiger partial charge in [-0.2, -0.15) is 0 Å². The van der Waals surface area contributed by atoms with Gasteiger partial charge in [0, 0.05) is 11.9 Å². The van der Waals surface area contributed by atoms with Crippen LogP contribution in [0.3, 0.4) is 0 Å². The van der Waals surface area contributed by atoms with Crippen LogP contribution in [0.2, 0.25) is 5.28 Å². The van der Waals surface area contributed by atoms with Gasteiger partial charge >= 0.3 is 0 Å². The van der Waals surface area contributed by atoms with Gasteiger partial charge < -0.3 is 4.74 Å². The molecule has 0 atom stereocenters. The Morgan fingerprint density at radius 2 is 2.00 bits per heavy atom.